The van der Waals surface area contributed by atoms with Crippen LogP contribution in [0.1, 0.15) is 45.7 Å². The van der Waals surface area contributed by atoms with Crippen LogP contribution in [0.3, 0.4) is 0 Å². The standard InChI is InChI=1S/C27H26N2O3/c1-27(2)17-20-12-13-22(32-3)15-23(20)24(29-27)16-25(30)18-8-7-9-19(14-18)26(31)28-21-10-5-4-6-11-21/h4-16,29H,17H2,1-3H3,(H,28,31). The van der Waals surface area contributed by atoms with E-state index in [0.29, 0.717) is 16.8 Å². The molecule has 0 aromatic heterocycles. The van der Waals surface area contributed by atoms with Crippen LogP contribution in [0, 0.1) is 0 Å². The van der Waals surface area contributed by atoms with Crippen LogP contribution in [0.5, 0.6) is 5.75 Å². The molecule has 0 radical (unpaired) electrons. The molecule has 1 amide bonds. The highest BCUT2D eigenvalue weighted by Crippen LogP contribution is 2.32. The number of carbonyl (C=O) groups is 2. The van der Waals surface area contributed by atoms with Gasteiger partial charge in [0.05, 0.1) is 7.11 Å². The summed E-state index contributed by atoms with van der Waals surface area (Å²) >= 11 is 0. The average Bonchev–Trinajstić information content (AvgIpc) is 2.79. The fraction of sp³-hybridized carbons (Fsp3) is 0.185. The maximum Gasteiger partial charge on any atom is 0.255 e. The molecule has 4 rings (SSSR count). The number of methoxy groups -OCH3 is 1. The summed E-state index contributed by atoms with van der Waals surface area (Å²) in [7, 11) is 1.63. The third kappa shape index (κ3) is 4.72. The Bertz CT molecular complexity index is 1200. The van der Waals surface area contributed by atoms with E-state index in [2.05, 4.69) is 24.5 Å². The number of hydrogen-bond acceptors (Lipinski definition) is 4. The van der Waals surface area contributed by atoms with Crippen LogP contribution in [-0.4, -0.2) is 24.3 Å². The molecule has 0 unspecified atom stereocenters. The number of amides is 1. The normalized spacial score (nSPS) is 15.4. The van der Waals surface area contributed by atoms with Crippen molar-refractivity contribution in [3.8, 4) is 5.75 Å². The number of ether oxygens (including phenoxy) is 1. The molecule has 162 valence electrons. The molecule has 0 saturated carbocycles. The highest BCUT2D eigenvalue weighted by Gasteiger charge is 2.28. The van der Waals surface area contributed by atoms with Gasteiger partial charge in [-0.05, 0) is 62.2 Å². The molecule has 3 aromatic carbocycles. The van der Waals surface area contributed by atoms with Gasteiger partial charge in [-0.1, -0.05) is 36.4 Å². The van der Waals surface area contributed by atoms with E-state index in [-0.39, 0.29) is 17.2 Å². The quantitative estimate of drug-likeness (QED) is 0.440. The smallest absolute Gasteiger partial charge is 0.255 e. The number of fused-ring (bicyclic) bond motifs is 1. The van der Waals surface area contributed by atoms with Gasteiger partial charge in [0, 0.05) is 39.7 Å². The van der Waals surface area contributed by atoms with Crippen LogP contribution in [0.4, 0.5) is 5.69 Å². The number of benzene rings is 3. The molecule has 32 heavy (non-hydrogen) atoms. The number of para-hydroxylation sites is 1. The highest BCUT2D eigenvalue weighted by molar-refractivity contribution is 6.11. The molecule has 1 heterocycles. The first-order valence-electron chi connectivity index (χ1n) is 10.5. The zero-order valence-corrected chi connectivity index (χ0v) is 18.4. The summed E-state index contributed by atoms with van der Waals surface area (Å²) in [6.07, 6.45) is 2.44. The molecular weight excluding hydrogens is 400 g/mol. The Balaban J connectivity index is 1.63. The third-order valence-corrected chi connectivity index (χ3v) is 5.43. The van der Waals surface area contributed by atoms with E-state index in [0.717, 1.165) is 29.0 Å². The molecule has 0 fully saturated rings. The summed E-state index contributed by atoms with van der Waals surface area (Å²) in [5, 5.41) is 6.33. The van der Waals surface area contributed by atoms with E-state index in [1.54, 1.807) is 37.5 Å². The van der Waals surface area contributed by atoms with Crippen LogP contribution < -0.4 is 15.4 Å². The van der Waals surface area contributed by atoms with Crippen molar-refractivity contribution >= 4 is 23.1 Å². The first-order chi connectivity index (χ1) is 15.3. The van der Waals surface area contributed by atoms with Gasteiger partial charge in [0.25, 0.3) is 5.91 Å². The summed E-state index contributed by atoms with van der Waals surface area (Å²) < 4.78 is 5.38. The van der Waals surface area contributed by atoms with Crippen molar-refractivity contribution in [1.82, 2.24) is 5.32 Å². The second kappa shape index (κ2) is 8.71. The molecular formula is C27H26N2O3. The van der Waals surface area contributed by atoms with Crippen molar-refractivity contribution < 1.29 is 14.3 Å². The lowest BCUT2D eigenvalue weighted by molar-refractivity contribution is 0.102. The van der Waals surface area contributed by atoms with E-state index < -0.39 is 0 Å². The van der Waals surface area contributed by atoms with Gasteiger partial charge in [-0.3, -0.25) is 9.59 Å². The van der Waals surface area contributed by atoms with Crippen molar-refractivity contribution in [1.29, 1.82) is 0 Å². The van der Waals surface area contributed by atoms with Crippen LogP contribution >= 0.6 is 0 Å². The van der Waals surface area contributed by atoms with E-state index in [1.165, 1.54) is 0 Å². The van der Waals surface area contributed by atoms with Gasteiger partial charge in [-0.25, -0.2) is 0 Å². The number of carbonyl (C=O) groups excluding carboxylic acids is 2. The van der Waals surface area contributed by atoms with Crippen molar-refractivity contribution in [3.63, 3.8) is 0 Å². The molecule has 0 bridgehead atoms. The largest absolute Gasteiger partial charge is 0.497 e. The van der Waals surface area contributed by atoms with E-state index >= 15 is 0 Å². The van der Waals surface area contributed by atoms with Gasteiger partial charge >= 0.3 is 0 Å². The molecule has 3 aromatic rings. The number of rotatable bonds is 5. The summed E-state index contributed by atoms with van der Waals surface area (Å²) in [6, 6.07) is 21.9. The lowest BCUT2D eigenvalue weighted by Crippen LogP contribution is -2.43. The van der Waals surface area contributed by atoms with Gasteiger partial charge in [0.1, 0.15) is 5.75 Å². The van der Waals surface area contributed by atoms with Crippen LogP contribution in [0.2, 0.25) is 0 Å². The monoisotopic (exact) mass is 426 g/mol. The first kappa shape index (κ1) is 21.4. The molecule has 0 atom stereocenters. The molecule has 1 aliphatic rings. The Morgan fingerprint density at radius 1 is 0.969 bits per heavy atom. The summed E-state index contributed by atoms with van der Waals surface area (Å²) in [6.45, 7) is 4.21. The molecule has 1 aliphatic heterocycles. The Hall–Kier alpha value is -3.86. The summed E-state index contributed by atoms with van der Waals surface area (Å²) in [5.74, 6) is 0.307. The van der Waals surface area contributed by atoms with Crippen LogP contribution in [-0.2, 0) is 6.42 Å². The van der Waals surface area contributed by atoms with Gasteiger partial charge in [0.2, 0.25) is 0 Å². The number of hydrogen-bond donors (Lipinski definition) is 2. The lowest BCUT2D eigenvalue weighted by Gasteiger charge is -2.35. The van der Waals surface area contributed by atoms with Crippen molar-refractivity contribution in [3.05, 3.63) is 101 Å². The first-order valence-corrected chi connectivity index (χ1v) is 10.5. The highest BCUT2D eigenvalue weighted by atomic mass is 16.5. The van der Waals surface area contributed by atoms with Crippen LogP contribution in [0.25, 0.3) is 5.70 Å². The molecule has 0 saturated heterocycles. The van der Waals surface area contributed by atoms with E-state index in [4.69, 9.17) is 4.74 Å². The number of ketones is 1. The number of allylic oxidation sites excluding steroid dienone is 1. The maximum absolute atomic E-state index is 13.1. The Labute approximate surface area is 188 Å². The molecule has 0 spiro atoms. The minimum absolute atomic E-state index is 0.173. The minimum atomic E-state index is -0.259. The third-order valence-electron chi connectivity index (χ3n) is 5.43. The Morgan fingerprint density at radius 2 is 1.72 bits per heavy atom. The van der Waals surface area contributed by atoms with E-state index in [9.17, 15) is 9.59 Å². The number of anilines is 1. The van der Waals surface area contributed by atoms with Gasteiger partial charge < -0.3 is 15.4 Å². The molecule has 2 N–H and O–H groups in total. The van der Waals surface area contributed by atoms with Gasteiger partial charge in [-0.2, -0.15) is 0 Å². The fourth-order valence-electron chi connectivity index (χ4n) is 3.91. The van der Waals surface area contributed by atoms with Crippen molar-refractivity contribution in [2.45, 2.75) is 25.8 Å². The second-order valence-corrected chi connectivity index (χ2v) is 8.53. The van der Waals surface area contributed by atoms with E-state index in [1.807, 2.05) is 48.5 Å². The van der Waals surface area contributed by atoms with Crippen LogP contribution in [0.15, 0.2) is 78.9 Å². The molecule has 5 nitrogen and oxygen atoms in total. The maximum atomic E-state index is 13.1. The average molecular weight is 427 g/mol. The zero-order chi connectivity index (χ0) is 22.7. The van der Waals surface area contributed by atoms with Gasteiger partial charge in [0.15, 0.2) is 5.78 Å². The number of nitrogens with one attached hydrogen (secondary N) is 2. The summed E-state index contributed by atoms with van der Waals surface area (Å²) in [5.41, 5.74) is 4.25. The Morgan fingerprint density at radius 3 is 2.47 bits per heavy atom. The predicted octanol–water partition coefficient (Wildman–Crippen LogP) is 5.10. The summed E-state index contributed by atoms with van der Waals surface area (Å²) in [4.78, 5) is 25.8. The molecule has 0 aliphatic carbocycles. The lowest BCUT2D eigenvalue weighted by atomic mass is 9.85. The SMILES string of the molecule is COc1ccc2c(c1)C(=CC(=O)c1cccc(C(=O)Nc3ccccc3)c1)NC(C)(C)C2. The topological polar surface area (TPSA) is 67.4 Å². The zero-order valence-electron chi connectivity index (χ0n) is 18.4. The second-order valence-electron chi connectivity index (χ2n) is 8.53. The predicted molar refractivity (Wildman–Crippen MR) is 127 cm³/mol. The van der Waals surface area contributed by atoms with Crippen molar-refractivity contribution in [2.24, 2.45) is 0 Å². The molecule has 5 heteroatoms. The minimum Gasteiger partial charge on any atom is -0.497 e. The fourth-order valence-corrected chi connectivity index (χ4v) is 3.91. The Kier molecular flexibility index (Phi) is 5.82. The van der Waals surface area contributed by atoms with Crippen molar-refractivity contribution in [2.75, 3.05) is 12.4 Å². The van der Waals surface area contributed by atoms with Gasteiger partial charge in [-0.15, -0.1) is 0 Å².